The van der Waals surface area contributed by atoms with Crippen molar-refractivity contribution in [3.63, 3.8) is 0 Å². The van der Waals surface area contributed by atoms with Gasteiger partial charge in [0.2, 0.25) is 0 Å². The van der Waals surface area contributed by atoms with Crippen LogP contribution in [0.15, 0.2) is 36.8 Å². The number of rotatable bonds is 5. The highest BCUT2D eigenvalue weighted by Crippen LogP contribution is 2.19. The van der Waals surface area contributed by atoms with Crippen LogP contribution in [0.5, 0.6) is 0 Å². The van der Waals surface area contributed by atoms with Gasteiger partial charge in [-0.15, -0.1) is 5.10 Å². The summed E-state index contributed by atoms with van der Waals surface area (Å²) >= 11 is 0. The van der Waals surface area contributed by atoms with Crippen LogP contribution < -0.4 is 0 Å². The summed E-state index contributed by atoms with van der Waals surface area (Å²) in [5, 5.41) is 17.5. The van der Waals surface area contributed by atoms with Crippen molar-refractivity contribution >= 4 is 5.65 Å². The zero-order valence-electron chi connectivity index (χ0n) is 14.5. The van der Waals surface area contributed by atoms with Crippen molar-refractivity contribution in [1.82, 2.24) is 34.3 Å². The van der Waals surface area contributed by atoms with Crippen LogP contribution in [0.25, 0.3) is 11.5 Å². The zero-order valence-corrected chi connectivity index (χ0v) is 14.5. The van der Waals surface area contributed by atoms with E-state index in [1.165, 1.54) is 4.52 Å². The Morgan fingerprint density at radius 2 is 2.11 bits per heavy atom. The summed E-state index contributed by atoms with van der Waals surface area (Å²) in [6, 6.07) is 9.11. The topological polar surface area (TPSA) is 97.6 Å². The highest BCUT2D eigenvalue weighted by Gasteiger charge is 2.15. The Kier molecular flexibility index (Phi) is 4.30. The third-order valence-corrected chi connectivity index (χ3v) is 4.23. The number of aromatic nitrogens is 7. The van der Waals surface area contributed by atoms with E-state index < -0.39 is 6.67 Å². The second-order valence-electron chi connectivity index (χ2n) is 5.86. The molecule has 0 radical (unpaired) electrons. The number of aryl methyl sites for hydroxylation is 1. The van der Waals surface area contributed by atoms with Crippen molar-refractivity contribution in [3.05, 3.63) is 65.3 Å². The van der Waals surface area contributed by atoms with Gasteiger partial charge in [-0.05, 0) is 24.6 Å². The van der Waals surface area contributed by atoms with Crippen LogP contribution in [-0.2, 0) is 19.5 Å². The van der Waals surface area contributed by atoms with E-state index in [2.05, 4.69) is 25.1 Å². The van der Waals surface area contributed by atoms with E-state index in [1.54, 1.807) is 35.4 Å². The third-order valence-electron chi connectivity index (χ3n) is 4.23. The number of hydrogen-bond acceptors (Lipinski definition) is 6. The van der Waals surface area contributed by atoms with Gasteiger partial charge in [0.1, 0.15) is 18.1 Å². The molecule has 0 amide bonds. The zero-order chi connectivity index (χ0) is 18.8. The summed E-state index contributed by atoms with van der Waals surface area (Å²) in [6.07, 6.45) is 4.41. The average Bonchev–Trinajstić information content (AvgIpc) is 3.34. The van der Waals surface area contributed by atoms with E-state index in [0.717, 1.165) is 17.0 Å². The molecule has 0 fully saturated rings. The van der Waals surface area contributed by atoms with Crippen LogP contribution in [-0.4, -0.2) is 34.3 Å². The monoisotopic (exact) mass is 362 g/mol. The Balaban J connectivity index is 1.75. The summed E-state index contributed by atoms with van der Waals surface area (Å²) in [5.41, 5.74) is 3.54. The first-order chi connectivity index (χ1) is 13.2. The molecule has 4 aromatic rings. The van der Waals surface area contributed by atoms with Crippen LogP contribution in [0.3, 0.4) is 0 Å². The average molecular weight is 362 g/mol. The predicted molar refractivity (Wildman–Crippen MR) is 93.9 cm³/mol. The second-order valence-corrected chi connectivity index (χ2v) is 5.86. The van der Waals surface area contributed by atoms with E-state index in [0.29, 0.717) is 30.0 Å². The molecule has 4 aromatic heterocycles. The predicted octanol–water partition coefficient (Wildman–Crippen LogP) is 2.20. The number of fused-ring (bicyclic) bond motifs is 1. The van der Waals surface area contributed by atoms with Gasteiger partial charge in [0.15, 0.2) is 24.0 Å². The molecule has 0 saturated heterocycles. The summed E-state index contributed by atoms with van der Waals surface area (Å²) < 4.78 is 16.1. The van der Waals surface area contributed by atoms with E-state index >= 15 is 0 Å². The maximum Gasteiger partial charge on any atom is 0.182 e. The Morgan fingerprint density at radius 1 is 1.22 bits per heavy atom. The Bertz CT molecular complexity index is 1150. The molecule has 0 unspecified atom stereocenters. The van der Waals surface area contributed by atoms with Gasteiger partial charge in [-0.2, -0.15) is 10.4 Å². The molecule has 0 atom stereocenters. The largest absolute Gasteiger partial charge is 0.242 e. The number of nitriles is 1. The van der Waals surface area contributed by atoms with Gasteiger partial charge >= 0.3 is 0 Å². The minimum absolute atomic E-state index is 0.145. The SMILES string of the molecule is CCc1c(Cc2ccnn2-c2cccc(C#N)n2)ncn2nc(CF)nc12. The first-order valence-corrected chi connectivity index (χ1v) is 8.42. The highest BCUT2D eigenvalue weighted by atomic mass is 19.1. The lowest BCUT2D eigenvalue weighted by Crippen LogP contribution is -2.09. The van der Waals surface area contributed by atoms with E-state index in [9.17, 15) is 4.39 Å². The molecule has 0 aliphatic heterocycles. The molecule has 0 bridgehead atoms. The smallest absolute Gasteiger partial charge is 0.182 e. The summed E-state index contributed by atoms with van der Waals surface area (Å²) in [5.74, 6) is 0.710. The maximum absolute atomic E-state index is 12.9. The van der Waals surface area contributed by atoms with Crippen molar-refractivity contribution in [2.45, 2.75) is 26.4 Å². The lowest BCUT2D eigenvalue weighted by Gasteiger charge is -2.10. The van der Waals surface area contributed by atoms with Crippen LogP contribution in [0.1, 0.15) is 35.4 Å². The number of pyridine rings is 1. The fraction of sp³-hybridized carbons (Fsp3) is 0.222. The minimum Gasteiger partial charge on any atom is -0.242 e. The lowest BCUT2D eigenvalue weighted by atomic mass is 10.1. The Hall–Kier alpha value is -3.67. The highest BCUT2D eigenvalue weighted by molar-refractivity contribution is 5.50. The van der Waals surface area contributed by atoms with Crippen LogP contribution in [0.4, 0.5) is 4.39 Å². The van der Waals surface area contributed by atoms with Crippen molar-refractivity contribution in [2.75, 3.05) is 0 Å². The van der Waals surface area contributed by atoms with Crippen LogP contribution in [0.2, 0.25) is 0 Å². The molecule has 0 aliphatic rings. The second kappa shape index (κ2) is 6.92. The summed E-state index contributed by atoms with van der Waals surface area (Å²) in [6.45, 7) is 1.29. The normalized spacial score (nSPS) is 11.0. The first-order valence-electron chi connectivity index (χ1n) is 8.42. The van der Waals surface area contributed by atoms with Gasteiger partial charge in [-0.25, -0.2) is 28.5 Å². The van der Waals surface area contributed by atoms with Gasteiger partial charge in [0.25, 0.3) is 0 Å². The van der Waals surface area contributed by atoms with Gasteiger partial charge in [0, 0.05) is 18.2 Å². The van der Waals surface area contributed by atoms with Crippen molar-refractivity contribution in [1.29, 1.82) is 5.26 Å². The quantitative estimate of drug-likeness (QED) is 0.540. The first kappa shape index (κ1) is 16.8. The summed E-state index contributed by atoms with van der Waals surface area (Å²) in [7, 11) is 0. The van der Waals surface area contributed by atoms with Gasteiger partial charge in [-0.1, -0.05) is 13.0 Å². The van der Waals surface area contributed by atoms with E-state index in [-0.39, 0.29) is 5.82 Å². The molecule has 8 nitrogen and oxygen atoms in total. The van der Waals surface area contributed by atoms with Crippen molar-refractivity contribution < 1.29 is 4.39 Å². The lowest BCUT2D eigenvalue weighted by molar-refractivity contribution is 0.465. The molecule has 0 aliphatic carbocycles. The van der Waals surface area contributed by atoms with Crippen molar-refractivity contribution in [2.24, 2.45) is 0 Å². The molecule has 134 valence electrons. The molecule has 0 N–H and O–H groups in total. The Morgan fingerprint density at radius 3 is 2.89 bits per heavy atom. The molecular formula is C18H15FN8. The van der Waals surface area contributed by atoms with Crippen LogP contribution in [0, 0.1) is 11.3 Å². The standard InChI is InChI=1S/C18H15FN8/c1-2-14-15(21-11-26-18(14)24-16(9-19)25-26)8-13-6-7-22-27(13)17-5-3-4-12(10-20)23-17/h3-7,11H,2,8-9H2,1H3. The van der Waals surface area contributed by atoms with E-state index in [4.69, 9.17) is 5.26 Å². The molecule has 0 saturated carbocycles. The van der Waals surface area contributed by atoms with Crippen molar-refractivity contribution in [3.8, 4) is 11.9 Å². The number of alkyl halides is 1. The molecular weight excluding hydrogens is 347 g/mol. The minimum atomic E-state index is -0.714. The molecule has 0 aromatic carbocycles. The summed E-state index contributed by atoms with van der Waals surface area (Å²) in [4.78, 5) is 13.0. The molecule has 4 heterocycles. The number of nitrogens with zero attached hydrogens (tertiary/aromatic N) is 8. The molecule has 0 spiro atoms. The fourth-order valence-corrected chi connectivity index (χ4v) is 3.00. The third kappa shape index (κ3) is 3.01. The van der Waals surface area contributed by atoms with E-state index in [1.807, 2.05) is 19.1 Å². The number of hydrogen-bond donors (Lipinski definition) is 0. The molecule has 9 heteroatoms. The Labute approximate surface area is 154 Å². The maximum atomic E-state index is 12.9. The molecule has 4 rings (SSSR count). The van der Waals surface area contributed by atoms with Crippen LogP contribution >= 0.6 is 0 Å². The van der Waals surface area contributed by atoms with Gasteiger partial charge in [0.05, 0.1) is 11.4 Å². The fourth-order valence-electron chi connectivity index (χ4n) is 3.00. The van der Waals surface area contributed by atoms with Gasteiger partial charge in [-0.3, -0.25) is 0 Å². The van der Waals surface area contributed by atoms with Gasteiger partial charge < -0.3 is 0 Å². The number of halogens is 1. The molecule has 27 heavy (non-hydrogen) atoms.